The Hall–Kier alpha value is -2.24. The summed E-state index contributed by atoms with van der Waals surface area (Å²) in [4.78, 5) is 15.0. The highest BCUT2D eigenvalue weighted by molar-refractivity contribution is 7.88. The van der Waals surface area contributed by atoms with Gasteiger partial charge in [0.15, 0.2) is 0 Å². The third kappa shape index (κ3) is 3.48. The zero-order chi connectivity index (χ0) is 22.1. The Kier molecular flexibility index (Phi) is 4.58. The molecular formula is C20H23F2N5O3S. The molecule has 1 fully saturated rings. The third-order valence-electron chi connectivity index (χ3n) is 6.38. The van der Waals surface area contributed by atoms with Crippen LogP contribution in [-0.4, -0.2) is 53.4 Å². The number of fused-ring (bicyclic) bond motifs is 2. The number of halogens is 2. The van der Waals surface area contributed by atoms with E-state index >= 15 is 0 Å². The summed E-state index contributed by atoms with van der Waals surface area (Å²) in [5.41, 5.74) is 2.76. The van der Waals surface area contributed by atoms with E-state index < -0.39 is 28.1 Å². The van der Waals surface area contributed by atoms with Crippen LogP contribution in [0.15, 0.2) is 12.3 Å². The van der Waals surface area contributed by atoms with Gasteiger partial charge in [-0.05, 0) is 37.8 Å². The lowest BCUT2D eigenvalue weighted by Crippen LogP contribution is -2.59. The van der Waals surface area contributed by atoms with Crippen LogP contribution < -0.4 is 9.62 Å². The summed E-state index contributed by atoms with van der Waals surface area (Å²) in [6, 6.07) is 1.23. The van der Waals surface area contributed by atoms with Crippen molar-refractivity contribution >= 4 is 16.0 Å². The molecule has 5 rings (SSSR count). The highest BCUT2D eigenvalue weighted by Crippen LogP contribution is 2.45. The van der Waals surface area contributed by atoms with Crippen molar-refractivity contribution in [3.05, 3.63) is 34.8 Å². The third-order valence-corrected chi connectivity index (χ3v) is 7.10. The molecule has 2 N–H and O–H groups in total. The zero-order valence-electron chi connectivity index (χ0n) is 17.1. The summed E-state index contributed by atoms with van der Waals surface area (Å²) in [5, 5.41) is 9.84. The van der Waals surface area contributed by atoms with E-state index in [2.05, 4.69) is 19.7 Å². The van der Waals surface area contributed by atoms with E-state index in [4.69, 9.17) is 0 Å². The van der Waals surface area contributed by atoms with Gasteiger partial charge in [0.2, 0.25) is 16.0 Å². The second-order valence-electron chi connectivity index (χ2n) is 8.61. The maximum atomic E-state index is 14.6. The topological polar surface area (TPSA) is 108 Å². The van der Waals surface area contributed by atoms with Crippen LogP contribution in [0.2, 0.25) is 0 Å². The fourth-order valence-corrected chi connectivity index (χ4v) is 5.35. The minimum atomic E-state index is -3.37. The van der Waals surface area contributed by atoms with Crippen LogP contribution in [0.5, 0.6) is 0 Å². The van der Waals surface area contributed by atoms with E-state index in [0.29, 0.717) is 41.9 Å². The van der Waals surface area contributed by atoms with Crippen molar-refractivity contribution < 1.29 is 22.3 Å². The molecule has 3 aliphatic rings. The first-order valence-electron chi connectivity index (χ1n) is 10.2. The van der Waals surface area contributed by atoms with E-state index in [1.54, 1.807) is 18.0 Å². The molecule has 0 saturated carbocycles. The number of sulfonamides is 1. The molecule has 0 aromatic carbocycles. The van der Waals surface area contributed by atoms with Gasteiger partial charge in [0.05, 0.1) is 35.8 Å². The van der Waals surface area contributed by atoms with Gasteiger partial charge in [-0.2, -0.15) is 8.78 Å². The lowest BCUT2D eigenvalue weighted by molar-refractivity contribution is -0.00603. The van der Waals surface area contributed by atoms with Gasteiger partial charge in [0, 0.05) is 30.3 Å². The molecule has 0 bridgehead atoms. The zero-order valence-corrected chi connectivity index (χ0v) is 18.0. The monoisotopic (exact) mass is 451 g/mol. The van der Waals surface area contributed by atoms with Crippen molar-refractivity contribution in [2.24, 2.45) is 0 Å². The minimum absolute atomic E-state index is 0.172. The molecule has 2 aliphatic carbocycles. The number of anilines is 1. The van der Waals surface area contributed by atoms with Gasteiger partial charge >= 0.3 is 0 Å². The summed E-state index contributed by atoms with van der Waals surface area (Å²) in [5.74, 6) is -2.84. The van der Waals surface area contributed by atoms with Gasteiger partial charge in [-0.1, -0.05) is 0 Å². The lowest BCUT2D eigenvalue weighted by atomic mass is 10.0. The van der Waals surface area contributed by atoms with Gasteiger partial charge in [0.1, 0.15) is 5.69 Å². The Morgan fingerprint density at radius 3 is 2.74 bits per heavy atom. The van der Waals surface area contributed by atoms with Gasteiger partial charge in [-0.25, -0.2) is 23.1 Å². The molecule has 0 unspecified atom stereocenters. The van der Waals surface area contributed by atoms with E-state index in [1.807, 2.05) is 6.07 Å². The number of alkyl halides is 2. The van der Waals surface area contributed by atoms with Gasteiger partial charge in [-0.3, -0.25) is 4.98 Å². The Morgan fingerprint density at radius 1 is 1.29 bits per heavy atom. The standard InChI is InChI=1S/C20H23F2N5O3S/c1-10-15(28)9-27(10)19-24-16(13-5-6-20(21,22)18(13)25-19)12-7-11-3-4-14(17(11)23-8-12)26-31(2,29)30/h7-8,10,14-15,26,28H,3-6,9H2,1-2H3/t10-,14-,15+/m0/s1. The van der Waals surface area contributed by atoms with Crippen LogP contribution in [0.4, 0.5) is 14.7 Å². The van der Waals surface area contributed by atoms with Crippen LogP contribution in [0.3, 0.4) is 0 Å². The summed E-state index contributed by atoms with van der Waals surface area (Å²) in [6.07, 6.45) is 3.22. The number of nitrogens with one attached hydrogen (secondary N) is 1. The highest BCUT2D eigenvalue weighted by Gasteiger charge is 2.45. The molecule has 3 heterocycles. The number of aryl methyl sites for hydroxylation is 1. The fourth-order valence-electron chi connectivity index (χ4n) is 4.61. The number of aromatic nitrogens is 3. The first kappa shape index (κ1) is 20.7. The van der Waals surface area contributed by atoms with Crippen LogP contribution in [0, 0.1) is 0 Å². The maximum Gasteiger partial charge on any atom is 0.290 e. The number of nitrogens with zero attached hydrogens (tertiary/aromatic N) is 4. The first-order chi connectivity index (χ1) is 14.5. The Morgan fingerprint density at radius 2 is 2.06 bits per heavy atom. The van der Waals surface area contributed by atoms with Gasteiger partial charge in [0.25, 0.3) is 5.92 Å². The summed E-state index contributed by atoms with van der Waals surface area (Å²) < 4.78 is 54.9. The van der Waals surface area contributed by atoms with Crippen LogP contribution in [0.25, 0.3) is 11.3 Å². The second kappa shape index (κ2) is 6.88. The van der Waals surface area contributed by atoms with Crippen LogP contribution in [0.1, 0.15) is 48.3 Å². The minimum Gasteiger partial charge on any atom is -0.389 e. The molecule has 3 atom stereocenters. The number of pyridine rings is 1. The predicted molar refractivity (Wildman–Crippen MR) is 109 cm³/mol. The Balaban J connectivity index is 1.57. The molecule has 0 spiro atoms. The SMILES string of the molecule is C[C@H]1[C@H](O)CN1c1nc(-c2cnc3c(c2)CC[C@@H]3NS(C)(=O)=O)c2c(n1)C(F)(F)CC2. The summed E-state index contributed by atoms with van der Waals surface area (Å²) in [7, 11) is -3.37. The maximum absolute atomic E-state index is 14.6. The molecule has 1 aliphatic heterocycles. The van der Waals surface area contributed by atoms with Gasteiger partial charge in [-0.15, -0.1) is 0 Å². The predicted octanol–water partition coefficient (Wildman–Crippen LogP) is 1.68. The molecule has 0 amide bonds. The molecule has 2 aromatic heterocycles. The number of β-amino-alcohol motifs (C(OH)–C–C–N with tert-alkyl or cyclic N) is 1. The van der Waals surface area contributed by atoms with Crippen LogP contribution >= 0.6 is 0 Å². The van der Waals surface area contributed by atoms with E-state index in [9.17, 15) is 22.3 Å². The normalized spacial score (nSPS) is 26.5. The fraction of sp³-hybridized carbons (Fsp3) is 0.550. The molecular weight excluding hydrogens is 428 g/mol. The molecule has 31 heavy (non-hydrogen) atoms. The molecule has 166 valence electrons. The molecule has 11 heteroatoms. The van der Waals surface area contributed by atoms with E-state index in [0.717, 1.165) is 11.8 Å². The van der Waals surface area contributed by atoms with Crippen molar-refractivity contribution in [3.8, 4) is 11.3 Å². The molecule has 1 saturated heterocycles. The number of hydrogen-bond donors (Lipinski definition) is 2. The lowest BCUT2D eigenvalue weighted by Gasteiger charge is -2.43. The number of hydrogen-bond acceptors (Lipinski definition) is 7. The number of aliphatic hydroxyl groups excluding tert-OH is 1. The smallest absolute Gasteiger partial charge is 0.290 e. The average molecular weight is 451 g/mol. The number of aliphatic hydroxyl groups is 1. The van der Waals surface area contributed by atoms with E-state index in [-0.39, 0.29) is 30.5 Å². The number of rotatable bonds is 4. The quantitative estimate of drug-likeness (QED) is 0.728. The van der Waals surface area contributed by atoms with Crippen molar-refractivity contribution in [1.29, 1.82) is 0 Å². The Labute approximate surface area is 178 Å². The van der Waals surface area contributed by atoms with Crippen LogP contribution in [-0.2, 0) is 28.8 Å². The van der Waals surface area contributed by atoms with Crippen molar-refractivity contribution in [2.45, 2.75) is 56.7 Å². The summed E-state index contributed by atoms with van der Waals surface area (Å²) in [6.45, 7) is 2.10. The van der Waals surface area contributed by atoms with Crippen molar-refractivity contribution in [2.75, 3.05) is 17.7 Å². The van der Waals surface area contributed by atoms with Crippen molar-refractivity contribution in [1.82, 2.24) is 19.7 Å². The summed E-state index contributed by atoms with van der Waals surface area (Å²) >= 11 is 0. The molecule has 8 nitrogen and oxygen atoms in total. The second-order valence-corrected chi connectivity index (χ2v) is 10.4. The highest BCUT2D eigenvalue weighted by atomic mass is 32.2. The average Bonchev–Trinajstić information content (AvgIpc) is 3.24. The largest absolute Gasteiger partial charge is 0.389 e. The van der Waals surface area contributed by atoms with E-state index in [1.165, 1.54) is 0 Å². The van der Waals surface area contributed by atoms with Crippen molar-refractivity contribution in [3.63, 3.8) is 0 Å². The van der Waals surface area contributed by atoms with Gasteiger partial charge < -0.3 is 10.0 Å². The molecule has 2 aromatic rings. The first-order valence-corrected chi connectivity index (χ1v) is 12.1. The molecule has 0 radical (unpaired) electrons. The Bertz CT molecular complexity index is 1170.